The molecule has 0 saturated carbocycles. The number of nitrogens with one attached hydrogen (secondary N) is 1. The molecule has 4 aromatic carbocycles. The largest absolute Gasteiger partial charge is 0.489 e. The molecule has 0 heterocycles. The minimum Gasteiger partial charge on any atom is -0.489 e. The molecule has 4 aromatic rings. The van der Waals surface area contributed by atoms with Crippen molar-refractivity contribution in [1.82, 2.24) is 5.32 Å². The highest BCUT2D eigenvalue weighted by Crippen LogP contribution is 2.33. The van der Waals surface area contributed by atoms with Crippen LogP contribution in [-0.2, 0) is 25.9 Å². The maximum atomic E-state index is 14.5. The van der Waals surface area contributed by atoms with E-state index in [9.17, 15) is 4.39 Å². The Hall–Kier alpha value is -4.67. The lowest BCUT2D eigenvalue weighted by Gasteiger charge is -2.26. The summed E-state index contributed by atoms with van der Waals surface area (Å²) in [6, 6.07) is 37.9. The highest BCUT2D eigenvalue weighted by atomic mass is 19.1. The van der Waals surface area contributed by atoms with Crippen LogP contribution in [-0.4, -0.2) is 17.8 Å². The summed E-state index contributed by atoms with van der Waals surface area (Å²) in [5.41, 5.74) is 14.6. The van der Waals surface area contributed by atoms with Gasteiger partial charge in [0.15, 0.2) is 0 Å². The molecule has 0 fully saturated rings. The Bertz CT molecular complexity index is 1770. The van der Waals surface area contributed by atoms with Crippen molar-refractivity contribution in [3.8, 4) is 5.75 Å². The third-order valence-corrected chi connectivity index (χ3v) is 9.85. The highest BCUT2D eigenvalue weighted by Gasteiger charge is 2.21. The number of hydrogen-bond acceptors (Lipinski definition) is 3. The van der Waals surface area contributed by atoms with Crippen LogP contribution in [0.5, 0.6) is 5.75 Å². The maximum Gasteiger partial charge on any atom is 0.123 e. The van der Waals surface area contributed by atoms with Crippen molar-refractivity contribution in [2.45, 2.75) is 96.0 Å². The molecule has 3 N–H and O–H groups in total. The van der Waals surface area contributed by atoms with E-state index in [1.54, 1.807) is 13.8 Å². The number of rotatable bonds is 20. The van der Waals surface area contributed by atoms with Crippen LogP contribution >= 0.6 is 0 Å². The second-order valence-electron chi connectivity index (χ2n) is 15.0. The molecule has 3 nitrogen and oxygen atoms in total. The number of alkyl halides is 1. The Balaban J connectivity index is 1.38. The first-order chi connectivity index (χ1) is 25.1. The standard InChI is InChI=1S/C48H57FN2O/c1-36(16-15-29-48(3,4)49)46(51-37(2)25-26-38-17-8-5-9-18-38)34-44-33-43(27-28-47(44)52-35-40-21-12-7-13-22-40)42-24-14-23-41(30-42)32-45(50)31-39-19-10-6-11-20-39/h5-14,17-22,24,27-28,30,33,41,45-46,51H,1-2,15-16,23,25-26,29,31-32,34-35,50H2,3-4H3. The number of benzene rings is 4. The van der Waals surface area contributed by atoms with E-state index in [-0.39, 0.29) is 12.1 Å². The molecule has 1 aliphatic carbocycles. The smallest absolute Gasteiger partial charge is 0.123 e. The molecule has 52 heavy (non-hydrogen) atoms. The molecule has 5 rings (SSSR count). The molecule has 4 heteroatoms. The molecule has 0 radical (unpaired) electrons. The van der Waals surface area contributed by atoms with Gasteiger partial charge in [0.1, 0.15) is 18.0 Å². The van der Waals surface area contributed by atoms with Gasteiger partial charge in [0.25, 0.3) is 0 Å². The highest BCUT2D eigenvalue weighted by molar-refractivity contribution is 5.76. The quantitative estimate of drug-likeness (QED) is 0.0904. The number of ether oxygens (including phenoxy) is 1. The number of aryl methyl sites for hydroxylation is 1. The van der Waals surface area contributed by atoms with Crippen molar-refractivity contribution in [2.24, 2.45) is 11.7 Å². The number of hydrogen-bond donors (Lipinski definition) is 2. The van der Waals surface area contributed by atoms with E-state index in [0.29, 0.717) is 25.4 Å². The van der Waals surface area contributed by atoms with Crippen LogP contribution in [0.1, 0.15) is 80.2 Å². The van der Waals surface area contributed by atoms with Crippen molar-refractivity contribution in [2.75, 3.05) is 0 Å². The Labute approximate surface area is 312 Å². The summed E-state index contributed by atoms with van der Waals surface area (Å²) in [6.45, 7) is 12.7. The molecule has 272 valence electrons. The Kier molecular flexibility index (Phi) is 14.3. The molecule has 3 unspecified atom stereocenters. The lowest BCUT2D eigenvalue weighted by Crippen LogP contribution is -2.32. The van der Waals surface area contributed by atoms with E-state index in [1.807, 2.05) is 30.3 Å². The number of allylic oxidation sites excluding steroid dienone is 5. The minimum absolute atomic E-state index is 0.0834. The van der Waals surface area contributed by atoms with Gasteiger partial charge in [0.05, 0.1) is 6.04 Å². The average Bonchev–Trinajstić information content (AvgIpc) is 3.14. The zero-order valence-corrected chi connectivity index (χ0v) is 31.2. The van der Waals surface area contributed by atoms with Gasteiger partial charge in [-0.25, -0.2) is 4.39 Å². The molecule has 0 aliphatic heterocycles. The van der Waals surface area contributed by atoms with E-state index < -0.39 is 5.67 Å². The summed E-state index contributed by atoms with van der Waals surface area (Å²) >= 11 is 0. The summed E-state index contributed by atoms with van der Waals surface area (Å²) in [6.07, 6.45) is 14.1. The molecule has 0 bridgehead atoms. The van der Waals surface area contributed by atoms with Crippen LogP contribution in [0.15, 0.2) is 152 Å². The van der Waals surface area contributed by atoms with Crippen molar-refractivity contribution in [3.05, 3.63) is 180 Å². The fraction of sp³-hybridized carbons (Fsp3) is 0.333. The lowest BCUT2D eigenvalue weighted by molar-refractivity contribution is 0.197. The van der Waals surface area contributed by atoms with Gasteiger partial charge in [0.2, 0.25) is 0 Å². The van der Waals surface area contributed by atoms with Crippen molar-refractivity contribution in [3.63, 3.8) is 0 Å². The molecular formula is C48H57FN2O. The topological polar surface area (TPSA) is 47.3 Å². The van der Waals surface area contributed by atoms with E-state index in [4.69, 9.17) is 10.5 Å². The van der Waals surface area contributed by atoms with Gasteiger partial charge in [-0.3, -0.25) is 0 Å². The first-order valence-electron chi connectivity index (χ1n) is 18.9. The first-order valence-corrected chi connectivity index (χ1v) is 18.9. The first kappa shape index (κ1) is 38.6. The predicted molar refractivity (Wildman–Crippen MR) is 218 cm³/mol. The Morgan fingerprint density at radius 3 is 2.19 bits per heavy atom. The maximum absolute atomic E-state index is 14.5. The monoisotopic (exact) mass is 696 g/mol. The molecular weight excluding hydrogens is 640 g/mol. The number of nitrogens with two attached hydrogens (primary N) is 1. The third-order valence-electron chi connectivity index (χ3n) is 9.85. The van der Waals surface area contributed by atoms with Crippen LogP contribution in [0.2, 0.25) is 0 Å². The van der Waals surface area contributed by atoms with Crippen LogP contribution in [0.25, 0.3) is 5.57 Å². The van der Waals surface area contributed by atoms with Gasteiger partial charge in [-0.05, 0) is 117 Å². The lowest BCUT2D eigenvalue weighted by atomic mass is 9.86. The van der Waals surface area contributed by atoms with Gasteiger partial charge in [-0.2, -0.15) is 0 Å². The SMILES string of the molecule is C=C(CCc1ccccc1)NC(Cc1cc(C2=CC(CC(N)Cc3ccccc3)CC=C2)ccc1OCc1ccccc1)C(=C)CCCC(C)(C)F. The Morgan fingerprint density at radius 2 is 1.52 bits per heavy atom. The molecule has 0 aromatic heterocycles. The third kappa shape index (κ3) is 12.8. The summed E-state index contributed by atoms with van der Waals surface area (Å²) in [5, 5.41) is 3.75. The van der Waals surface area contributed by atoms with Crippen molar-refractivity contribution in [1.29, 1.82) is 0 Å². The van der Waals surface area contributed by atoms with Gasteiger partial charge < -0.3 is 15.8 Å². The van der Waals surface area contributed by atoms with Crippen molar-refractivity contribution >= 4 is 5.57 Å². The van der Waals surface area contributed by atoms with E-state index in [2.05, 4.69) is 116 Å². The molecule has 3 atom stereocenters. The summed E-state index contributed by atoms with van der Waals surface area (Å²) in [4.78, 5) is 0. The van der Waals surface area contributed by atoms with Gasteiger partial charge in [-0.15, -0.1) is 0 Å². The predicted octanol–water partition coefficient (Wildman–Crippen LogP) is 11.3. The van der Waals surface area contributed by atoms with E-state index in [1.165, 1.54) is 16.7 Å². The molecule has 0 spiro atoms. The van der Waals surface area contributed by atoms with Crippen LogP contribution < -0.4 is 15.8 Å². The average molecular weight is 697 g/mol. The van der Waals surface area contributed by atoms with Crippen LogP contribution in [0.4, 0.5) is 4.39 Å². The fourth-order valence-electron chi connectivity index (χ4n) is 6.97. The van der Waals surface area contributed by atoms with Gasteiger partial charge in [-0.1, -0.05) is 134 Å². The van der Waals surface area contributed by atoms with Crippen LogP contribution in [0, 0.1) is 5.92 Å². The van der Waals surface area contributed by atoms with Crippen LogP contribution in [0.3, 0.4) is 0 Å². The summed E-state index contributed by atoms with van der Waals surface area (Å²) < 4.78 is 21.0. The van der Waals surface area contributed by atoms with Gasteiger partial charge >= 0.3 is 0 Å². The minimum atomic E-state index is -1.21. The zero-order valence-electron chi connectivity index (χ0n) is 31.2. The number of halogens is 1. The van der Waals surface area contributed by atoms with Gasteiger partial charge in [0, 0.05) is 18.2 Å². The summed E-state index contributed by atoms with van der Waals surface area (Å²) in [7, 11) is 0. The molecule has 0 amide bonds. The molecule has 0 saturated heterocycles. The Morgan fingerprint density at radius 1 is 0.865 bits per heavy atom. The van der Waals surface area contributed by atoms with E-state index >= 15 is 0 Å². The van der Waals surface area contributed by atoms with Crippen molar-refractivity contribution < 1.29 is 9.13 Å². The zero-order chi connectivity index (χ0) is 36.8. The molecule has 1 aliphatic rings. The second-order valence-corrected chi connectivity index (χ2v) is 15.0. The summed E-state index contributed by atoms with van der Waals surface area (Å²) in [5.74, 6) is 1.23. The second kappa shape index (κ2) is 19.2. The van der Waals surface area contributed by atoms with E-state index in [0.717, 1.165) is 78.7 Å². The fourth-order valence-corrected chi connectivity index (χ4v) is 6.97. The normalized spacial score (nSPS) is 15.4.